The van der Waals surface area contributed by atoms with E-state index < -0.39 is 57.4 Å². The summed E-state index contributed by atoms with van der Waals surface area (Å²) in [5, 5.41) is 0.896. The molecule has 6 atom stereocenters. The monoisotopic (exact) mass is 1260 g/mol. The highest BCUT2D eigenvalue weighted by Gasteiger charge is 2.57. The highest BCUT2D eigenvalue weighted by molar-refractivity contribution is 9.09. The number of esters is 4. The maximum absolute atomic E-state index is 13.0. The lowest BCUT2D eigenvalue weighted by Crippen LogP contribution is -3.00. The van der Waals surface area contributed by atoms with Crippen molar-refractivity contribution >= 4 is 97.6 Å². The lowest BCUT2D eigenvalue weighted by Gasteiger charge is -2.37. The number of cyclic esters (lactones) is 2. The first kappa shape index (κ1) is 69.5. The summed E-state index contributed by atoms with van der Waals surface area (Å²) >= 11 is 17.5. The number of alkyl halides is 4. The van der Waals surface area contributed by atoms with Crippen molar-refractivity contribution in [1.29, 1.82) is 0 Å². The molecule has 2 aromatic rings. The minimum absolute atomic E-state index is 0. The van der Waals surface area contributed by atoms with Crippen LogP contribution in [0.3, 0.4) is 0 Å². The number of ether oxygens (including phenoxy) is 4. The highest BCUT2D eigenvalue weighted by atomic mass is 79.9. The number of ketones is 2. The van der Waals surface area contributed by atoms with Gasteiger partial charge in [0.05, 0.1) is 55.1 Å². The molecule has 0 aromatic heterocycles. The number of benzene rings is 2. The highest BCUT2D eigenvalue weighted by Crippen LogP contribution is 2.48. The van der Waals surface area contributed by atoms with Crippen molar-refractivity contribution in [2.24, 2.45) is 10.8 Å². The summed E-state index contributed by atoms with van der Waals surface area (Å²) in [5.74, 6) is -1.79. The second kappa shape index (κ2) is 33.2. The van der Waals surface area contributed by atoms with Gasteiger partial charge in [0.25, 0.3) is 0 Å². The minimum atomic E-state index is -1.05. The third-order valence-electron chi connectivity index (χ3n) is 13.5. The van der Waals surface area contributed by atoms with E-state index >= 15 is 0 Å². The number of quaternary nitrogens is 1. The Kier molecular flexibility index (Phi) is 29.6. The molecule has 2 saturated heterocycles. The standard InChI is InChI=1S/C30H38NO5.C27H35NO5.C3H5Br.CHCl3.BrH/c1-7-17-31(5,6)24-13-11-23(12-14-24)29(34)35-25-15-16-26(32)30(19-25)20-28(33)36-27(30)18-22(4)10-8-9-21(2)3;1-18(2)7-6-8-19(3)15-24-27(17-25(30)33-24)16-22(13-14-23(27)29)32-26(31)20-9-11-21(12-10-20)28(4)5;1-2-3-4;2-1(3)4;/h7,9,11-18,25,27H,8,10,19-20H2,1-6H3;7,9-12,15,22,24H,6,8,13-14,16-17H2,1-5H3;2H,1,3H2;1H;1H/q+1;;;;/p-1/b17-7+,22-18+;19-15+;;;/t25-,27-,30?;22-,24-,27?;;;/m11.../s1. The minimum Gasteiger partial charge on any atom is -1.00 e. The summed E-state index contributed by atoms with van der Waals surface area (Å²) in [5.41, 5.74) is 5.57. The molecule has 2 unspecified atom stereocenters. The van der Waals surface area contributed by atoms with E-state index in [0.717, 1.165) is 53.5 Å². The second-order valence-electron chi connectivity index (χ2n) is 20.9. The molecule has 0 amide bonds. The van der Waals surface area contributed by atoms with E-state index in [2.05, 4.69) is 82.7 Å². The van der Waals surface area contributed by atoms with Crippen LogP contribution in [0.1, 0.15) is 133 Å². The summed E-state index contributed by atoms with van der Waals surface area (Å²) < 4.78 is 22.6. The Balaban J connectivity index is 0.000000464. The van der Waals surface area contributed by atoms with Crippen molar-refractivity contribution in [3.05, 3.63) is 143 Å². The third-order valence-corrected chi connectivity index (χ3v) is 13.9. The number of carbonyl (C=O) groups is 6. The number of hydrogen-bond acceptors (Lipinski definition) is 11. The Morgan fingerprint density at radius 1 is 0.782 bits per heavy atom. The molecular weight excluding hydrogens is 1190 g/mol. The van der Waals surface area contributed by atoms with Crippen LogP contribution < -0.4 is 26.4 Å². The summed E-state index contributed by atoms with van der Waals surface area (Å²) in [6, 6.07) is 14.5. The Labute approximate surface area is 497 Å². The maximum Gasteiger partial charge on any atom is 0.338 e. The van der Waals surface area contributed by atoms with Gasteiger partial charge in [-0.25, -0.2) is 9.59 Å². The fourth-order valence-corrected chi connectivity index (χ4v) is 9.41. The van der Waals surface area contributed by atoms with Crippen LogP contribution in [0.2, 0.25) is 0 Å². The largest absolute Gasteiger partial charge is 1.00 e. The smallest absolute Gasteiger partial charge is 0.338 e. The molecular formula is C61H79Br2Cl3N2O10. The van der Waals surface area contributed by atoms with Crippen LogP contribution in [0, 0.1) is 10.8 Å². The van der Waals surface area contributed by atoms with E-state index in [1.165, 1.54) is 17.2 Å². The van der Waals surface area contributed by atoms with E-state index in [1.807, 2.05) is 82.3 Å². The van der Waals surface area contributed by atoms with Crippen molar-refractivity contribution in [2.75, 3.05) is 38.4 Å². The third kappa shape index (κ3) is 21.5. The van der Waals surface area contributed by atoms with Crippen molar-refractivity contribution < 1.29 is 64.7 Å². The van der Waals surface area contributed by atoms with Gasteiger partial charge in [-0.1, -0.05) is 91.3 Å². The van der Waals surface area contributed by atoms with E-state index in [9.17, 15) is 28.8 Å². The van der Waals surface area contributed by atoms with Gasteiger partial charge in [-0.2, -0.15) is 0 Å². The van der Waals surface area contributed by atoms with Crippen LogP contribution in [-0.4, -0.2) is 97.7 Å². The molecule has 428 valence electrons. The molecule has 3 fully saturated rings. The first-order chi connectivity index (χ1) is 36.2. The van der Waals surface area contributed by atoms with Crippen LogP contribution in [0.25, 0.3) is 0 Å². The molecule has 2 heterocycles. The first-order valence-electron chi connectivity index (χ1n) is 25.8. The zero-order valence-corrected chi connectivity index (χ0v) is 52.5. The molecule has 2 aliphatic heterocycles. The van der Waals surface area contributed by atoms with Gasteiger partial charge in [0, 0.05) is 56.5 Å². The Bertz CT molecular complexity index is 2560. The van der Waals surface area contributed by atoms with Gasteiger partial charge >= 0.3 is 23.9 Å². The molecule has 4 aliphatic rings. The van der Waals surface area contributed by atoms with Gasteiger partial charge in [-0.05, 0) is 147 Å². The molecule has 78 heavy (non-hydrogen) atoms. The zero-order chi connectivity index (χ0) is 57.7. The summed E-state index contributed by atoms with van der Waals surface area (Å²) in [6.07, 6.45) is 19.4. The average molecular weight is 1270 g/mol. The zero-order valence-electron chi connectivity index (χ0n) is 47.1. The summed E-state index contributed by atoms with van der Waals surface area (Å²) in [7, 11) is 7.97. The second-order valence-corrected chi connectivity index (χ2v) is 23.5. The van der Waals surface area contributed by atoms with E-state index in [0.29, 0.717) is 28.5 Å². The van der Waals surface area contributed by atoms with E-state index in [-0.39, 0.29) is 60.2 Å². The van der Waals surface area contributed by atoms with Crippen molar-refractivity contribution in [1.82, 2.24) is 4.48 Å². The van der Waals surface area contributed by atoms with Crippen LogP contribution in [0.5, 0.6) is 0 Å². The van der Waals surface area contributed by atoms with Gasteiger partial charge < -0.3 is 40.8 Å². The number of halogens is 5. The molecule has 12 nitrogen and oxygen atoms in total. The SMILES string of the molecule is C/C=C/[N+](C)(C)c1ccc(C(=O)O[C@@H]2C=CC(=O)C3(CC(=O)O[C@@H]3/C=C(\C)CCC=C(C)C)C2)cc1.C=CCBr.CC(C)=CCC/C(C)=C/[C@H]1OC(=O)CC12C[C@H](OC(=O)c1ccc(N(C)C)cc1)CCC2=O.ClC(Cl)Cl.[Br-]. The molecule has 0 N–H and O–H groups in total. The van der Waals surface area contributed by atoms with Gasteiger partial charge in [0.15, 0.2) is 10.1 Å². The van der Waals surface area contributed by atoms with Gasteiger partial charge in [0.2, 0.25) is 0 Å². The number of Topliss-reactive ketones (excluding diaryl/α,β-unsaturated/α-hetero) is 1. The Morgan fingerprint density at radius 2 is 1.24 bits per heavy atom. The summed E-state index contributed by atoms with van der Waals surface area (Å²) in [4.78, 5) is 78.3. The van der Waals surface area contributed by atoms with Gasteiger partial charge in [-0.15, -0.1) is 6.58 Å². The number of carbonyl (C=O) groups excluding carboxylic acids is 6. The molecule has 1 saturated carbocycles. The van der Waals surface area contributed by atoms with Crippen LogP contribution >= 0.6 is 50.7 Å². The maximum atomic E-state index is 13.0. The van der Waals surface area contributed by atoms with Gasteiger partial charge in [-0.3, -0.25) is 23.7 Å². The first-order valence-corrected chi connectivity index (χ1v) is 28.3. The molecule has 2 aromatic carbocycles. The molecule has 0 radical (unpaired) electrons. The lowest BCUT2D eigenvalue weighted by atomic mass is 9.67. The topological polar surface area (TPSA) is 143 Å². The van der Waals surface area contributed by atoms with Crippen LogP contribution in [0.4, 0.5) is 11.4 Å². The average Bonchev–Trinajstić information content (AvgIpc) is 3.84. The molecule has 0 bridgehead atoms. The number of anilines is 1. The predicted octanol–water partition coefficient (Wildman–Crippen LogP) is 11.4. The van der Waals surface area contributed by atoms with Crippen molar-refractivity contribution in [2.45, 2.75) is 141 Å². The lowest BCUT2D eigenvalue weighted by molar-refractivity contribution is -0.142. The number of allylic oxidation sites excluding steroid dienone is 9. The van der Waals surface area contributed by atoms with Gasteiger partial charge in [0.1, 0.15) is 35.9 Å². The van der Waals surface area contributed by atoms with Crippen molar-refractivity contribution in [3.63, 3.8) is 0 Å². The van der Waals surface area contributed by atoms with E-state index in [4.69, 9.17) is 53.8 Å². The molecule has 17 heteroatoms. The quantitative estimate of drug-likeness (QED) is 0.0521. The normalized spacial score (nSPS) is 22.6. The van der Waals surface area contributed by atoms with Crippen LogP contribution in [0.15, 0.2) is 132 Å². The molecule has 6 rings (SSSR count). The van der Waals surface area contributed by atoms with E-state index in [1.54, 1.807) is 36.4 Å². The number of nitrogens with zero attached hydrogens (tertiary/aromatic N) is 2. The predicted molar refractivity (Wildman–Crippen MR) is 316 cm³/mol. The fraction of sp³-hybridized carbons (Fsp3) is 0.475. The number of hydrogen-bond donors (Lipinski definition) is 0. The Morgan fingerprint density at radius 3 is 1.71 bits per heavy atom. The molecule has 2 aliphatic carbocycles. The Hall–Kier alpha value is -4.57. The van der Waals surface area contributed by atoms with Crippen LogP contribution in [-0.2, 0) is 38.1 Å². The van der Waals surface area contributed by atoms with Crippen molar-refractivity contribution in [3.8, 4) is 0 Å². The fourth-order valence-electron chi connectivity index (χ4n) is 9.41. The molecule has 2 spiro atoms. The number of rotatable bonds is 16. The summed E-state index contributed by atoms with van der Waals surface area (Å²) in [6.45, 7) is 17.6.